The van der Waals surface area contributed by atoms with Gasteiger partial charge in [0, 0.05) is 47.7 Å². The Morgan fingerprint density at radius 2 is 2.00 bits per heavy atom. The highest BCUT2D eigenvalue weighted by molar-refractivity contribution is 5.85. The SMILES string of the molecule is Cc1cc(-c2nc(Nc3ccc4c(=O)[nH]ccc4c3)n(C)n2)ccc1-n1cnc(C2CC2)c1. The van der Waals surface area contributed by atoms with Gasteiger partial charge in [-0.1, -0.05) is 0 Å². The van der Waals surface area contributed by atoms with Crippen LogP contribution in [-0.2, 0) is 7.05 Å². The van der Waals surface area contributed by atoms with E-state index in [9.17, 15) is 4.79 Å². The van der Waals surface area contributed by atoms with Crippen LogP contribution in [0.2, 0.25) is 0 Å². The Morgan fingerprint density at radius 1 is 1.12 bits per heavy atom. The summed E-state index contributed by atoms with van der Waals surface area (Å²) < 4.78 is 3.81. The number of fused-ring (bicyclic) bond motifs is 1. The average Bonchev–Trinajstić information content (AvgIpc) is 3.43. The van der Waals surface area contributed by atoms with Gasteiger partial charge < -0.3 is 14.9 Å². The predicted molar refractivity (Wildman–Crippen MR) is 128 cm³/mol. The van der Waals surface area contributed by atoms with Gasteiger partial charge in [0.05, 0.1) is 12.0 Å². The second-order valence-corrected chi connectivity index (χ2v) is 8.60. The number of aromatic nitrogens is 6. The number of nitrogens with zero attached hydrogens (tertiary/aromatic N) is 5. The molecule has 8 nitrogen and oxygen atoms in total. The van der Waals surface area contributed by atoms with Crippen LogP contribution in [0.3, 0.4) is 0 Å². The standard InChI is InChI=1S/C25H23N7O/c1-15-11-18(5-8-22(15)32-13-21(27-14-32)16-3-4-16)23-29-25(31(2)30-23)28-19-6-7-20-17(12-19)9-10-26-24(20)33/h5-14,16H,3-4H2,1-2H3,(H,26,33)(H,28,29,30). The van der Waals surface area contributed by atoms with Gasteiger partial charge >= 0.3 is 0 Å². The lowest BCUT2D eigenvalue weighted by atomic mass is 10.1. The molecule has 0 spiro atoms. The number of imidazole rings is 1. The summed E-state index contributed by atoms with van der Waals surface area (Å²) in [6.07, 6.45) is 8.17. The second kappa shape index (κ2) is 7.44. The quantitative estimate of drug-likeness (QED) is 0.424. The second-order valence-electron chi connectivity index (χ2n) is 8.60. The van der Waals surface area contributed by atoms with E-state index < -0.39 is 0 Å². The van der Waals surface area contributed by atoms with Crippen LogP contribution >= 0.6 is 0 Å². The fourth-order valence-corrected chi connectivity index (χ4v) is 4.16. The first-order valence-electron chi connectivity index (χ1n) is 11.0. The van der Waals surface area contributed by atoms with Gasteiger partial charge in [-0.25, -0.2) is 9.67 Å². The van der Waals surface area contributed by atoms with Gasteiger partial charge in [-0.15, -0.1) is 5.10 Å². The predicted octanol–water partition coefficient (Wildman–Crippen LogP) is 4.44. The molecule has 0 saturated heterocycles. The monoisotopic (exact) mass is 437 g/mol. The van der Waals surface area contributed by atoms with Crippen molar-refractivity contribution < 1.29 is 0 Å². The molecule has 2 aromatic carbocycles. The average molecular weight is 438 g/mol. The van der Waals surface area contributed by atoms with Gasteiger partial charge in [-0.2, -0.15) is 4.98 Å². The van der Waals surface area contributed by atoms with E-state index in [-0.39, 0.29) is 5.56 Å². The van der Waals surface area contributed by atoms with E-state index in [0.717, 1.165) is 27.9 Å². The fraction of sp³-hybridized carbons (Fsp3) is 0.200. The molecule has 2 N–H and O–H groups in total. The maximum atomic E-state index is 11.9. The largest absolute Gasteiger partial charge is 0.329 e. The first-order valence-corrected chi connectivity index (χ1v) is 11.0. The lowest BCUT2D eigenvalue weighted by Gasteiger charge is -2.07. The third kappa shape index (κ3) is 3.59. The molecule has 0 amide bonds. The number of pyridine rings is 1. The van der Waals surface area contributed by atoms with Crippen molar-refractivity contribution >= 4 is 22.4 Å². The Balaban J connectivity index is 1.27. The zero-order valence-corrected chi connectivity index (χ0v) is 18.4. The van der Waals surface area contributed by atoms with Gasteiger partial charge in [0.2, 0.25) is 5.95 Å². The van der Waals surface area contributed by atoms with E-state index in [4.69, 9.17) is 4.98 Å². The van der Waals surface area contributed by atoms with Gasteiger partial charge in [-0.3, -0.25) is 4.79 Å². The van der Waals surface area contributed by atoms with E-state index in [1.165, 1.54) is 18.5 Å². The summed E-state index contributed by atoms with van der Waals surface area (Å²) in [5.74, 6) is 1.91. The molecule has 164 valence electrons. The van der Waals surface area contributed by atoms with Crippen molar-refractivity contribution in [2.45, 2.75) is 25.7 Å². The summed E-state index contributed by atoms with van der Waals surface area (Å²) in [4.78, 5) is 23.9. The number of rotatable bonds is 5. The van der Waals surface area contributed by atoms with Crippen molar-refractivity contribution in [3.05, 3.63) is 82.8 Å². The van der Waals surface area contributed by atoms with E-state index in [0.29, 0.717) is 23.1 Å². The molecule has 3 heterocycles. The topological polar surface area (TPSA) is 93.4 Å². The molecule has 5 aromatic rings. The zero-order valence-electron chi connectivity index (χ0n) is 18.4. The maximum Gasteiger partial charge on any atom is 0.255 e. The lowest BCUT2D eigenvalue weighted by Crippen LogP contribution is -2.05. The summed E-state index contributed by atoms with van der Waals surface area (Å²) >= 11 is 0. The Kier molecular flexibility index (Phi) is 4.39. The Hall–Kier alpha value is -4.20. The molecule has 0 atom stereocenters. The Bertz CT molecular complexity index is 1550. The minimum Gasteiger partial charge on any atom is -0.329 e. The summed E-state index contributed by atoms with van der Waals surface area (Å²) in [5, 5.41) is 9.43. The van der Waals surface area contributed by atoms with Crippen LogP contribution in [0.5, 0.6) is 0 Å². The smallest absolute Gasteiger partial charge is 0.255 e. The van der Waals surface area contributed by atoms with E-state index in [1.807, 2.05) is 37.6 Å². The van der Waals surface area contributed by atoms with Gasteiger partial charge in [0.15, 0.2) is 5.82 Å². The summed E-state index contributed by atoms with van der Waals surface area (Å²) in [6, 6.07) is 13.7. The van der Waals surface area contributed by atoms with Crippen molar-refractivity contribution in [2.75, 3.05) is 5.32 Å². The summed E-state index contributed by atoms with van der Waals surface area (Å²) in [6.45, 7) is 2.09. The van der Waals surface area contributed by atoms with Crippen LogP contribution in [0.1, 0.15) is 30.0 Å². The molecular formula is C25H23N7O. The van der Waals surface area contributed by atoms with Gasteiger partial charge in [0.25, 0.3) is 5.56 Å². The highest BCUT2D eigenvalue weighted by Crippen LogP contribution is 2.39. The maximum absolute atomic E-state index is 11.9. The normalized spacial score (nSPS) is 13.5. The molecule has 1 fully saturated rings. The molecule has 8 heteroatoms. The molecule has 3 aromatic heterocycles. The minimum atomic E-state index is -0.0988. The highest BCUT2D eigenvalue weighted by atomic mass is 16.1. The molecule has 1 aliphatic rings. The van der Waals surface area contributed by atoms with Crippen molar-refractivity contribution in [3.63, 3.8) is 0 Å². The number of nitrogens with one attached hydrogen (secondary N) is 2. The van der Waals surface area contributed by atoms with Crippen molar-refractivity contribution in [3.8, 4) is 17.1 Å². The third-order valence-corrected chi connectivity index (χ3v) is 6.12. The van der Waals surface area contributed by atoms with Crippen molar-refractivity contribution in [1.82, 2.24) is 29.3 Å². The number of hydrogen-bond acceptors (Lipinski definition) is 5. The van der Waals surface area contributed by atoms with Gasteiger partial charge in [0.1, 0.15) is 0 Å². The number of H-pyrrole nitrogens is 1. The highest BCUT2D eigenvalue weighted by Gasteiger charge is 2.26. The number of benzene rings is 2. The fourth-order valence-electron chi connectivity index (χ4n) is 4.16. The van der Waals surface area contributed by atoms with E-state index >= 15 is 0 Å². The van der Waals surface area contributed by atoms with Crippen LogP contribution in [0.15, 0.2) is 66.0 Å². The zero-order chi connectivity index (χ0) is 22.5. The molecule has 0 unspecified atom stereocenters. The molecular weight excluding hydrogens is 414 g/mol. The van der Waals surface area contributed by atoms with Crippen LogP contribution in [0.25, 0.3) is 27.8 Å². The molecule has 0 aliphatic heterocycles. The summed E-state index contributed by atoms with van der Waals surface area (Å²) in [7, 11) is 1.86. The van der Waals surface area contributed by atoms with E-state index in [2.05, 4.69) is 50.2 Å². The van der Waals surface area contributed by atoms with E-state index in [1.54, 1.807) is 16.9 Å². The summed E-state index contributed by atoms with van der Waals surface area (Å²) in [5.41, 5.74) is 5.12. The van der Waals surface area contributed by atoms with Crippen LogP contribution in [0.4, 0.5) is 11.6 Å². The minimum absolute atomic E-state index is 0.0988. The molecule has 6 rings (SSSR count). The number of aryl methyl sites for hydroxylation is 2. The molecule has 0 bridgehead atoms. The lowest BCUT2D eigenvalue weighted by molar-refractivity contribution is 0.778. The first-order chi connectivity index (χ1) is 16.0. The molecule has 1 aliphatic carbocycles. The first kappa shape index (κ1) is 19.5. The number of aromatic amines is 1. The van der Waals surface area contributed by atoms with Gasteiger partial charge in [-0.05, 0) is 73.2 Å². The number of hydrogen-bond donors (Lipinski definition) is 2. The molecule has 33 heavy (non-hydrogen) atoms. The Labute approximate surface area is 189 Å². The van der Waals surface area contributed by atoms with Crippen molar-refractivity contribution in [2.24, 2.45) is 7.05 Å². The number of anilines is 2. The third-order valence-electron chi connectivity index (χ3n) is 6.12. The molecule has 1 saturated carbocycles. The Morgan fingerprint density at radius 3 is 2.82 bits per heavy atom. The van der Waals surface area contributed by atoms with Crippen LogP contribution < -0.4 is 10.9 Å². The van der Waals surface area contributed by atoms with Crippen molar-refractivity contribution in [1.29, 1.82) is 0 Å². The van der Waals surface area contributed by atoms with Crippen LogP contribution in [0, 0.1) is 6.92 Å². The molecule has 0 radical (unpaired) electrons. The van der Waals surface area contributed by atoms with Crippen LogP contribution in [-0.4, -0.2) is 29.3 Å².